The minimum Gasteiger partial charge on any atom is -0.310 e. The highest BCUT2D eigenvalue weighted by Gasteiger charge is 2.47. The number of hydrogen-bond acceptors (Lipinski definition) is 1. The van der Waals surface area contributed by atoms with E-state index in [2.05, 4.69) is 254 Å². The summed E-state index contributed by atoms with van der Waals surface area (Å²) < 4.78 is 0. The van der Waals surface area contributed by atoms with Gasteiger partial charge >= 0.3 is 0 Å². The van der Waals surface area contributed by atoms with Crippen LogP contribution in [0.25, 0.3) is 55.3 Å². The van der Waals surface area contributed by atoms with E-state index in [-0.39, 0.29) is 0 Å². The summed E-state index contributed by atoms with van der Waals surface area (Å²) in [7, 11) is 0. The van der Waals surface area contributed by atoms with Crippen LogP contribution in [0.4, 0.5) is 17.1 Å². The molecule has 0 amide bonds. The zero-order valence-corrected chi connectivity index (χ0v) is 33.1. The molecular weight excluding hydrogens is 723 g/mol. The van der Waals surface area contributed by atoms with E-state index in [1.54, 1.807) is 0 Å². The highest BCUT2D eigenvalue weighted by molar-refractivity contribution is 5.98. The Morgan fingerprint density at radius 2 is 0.783 bits per heavy atom. The Morgan fingerprint density at radius 1 is 0.283 bits per heavy atom. The molecule has 1 aliphatic carbocycles. The monoisotopic (exact) mass is 763 g/mol. The van der Waals surface area contributed by atoms with Gasteiger partial charge in [0.2, 0.25) is 0 Å². The molecule has 0 aromatic heterocycles. The largest absolute Gasteiger partial charge is 0.310 e. The quantitative estimate of drug-likeness (QED) is 0.149. The molecule has 10 aromatic rings. The first-order valence-electron chi connectivity index (χ1n) is 20.8. The van der Waals surface area contributed by atoms with Crippen molar-refractivity contribution in [2.24, 2.45) is 0 Å². The normalized spacial score (nSPS) is 12.5. The summed E-state index contributed by atoms with van der Waals surface area (Å²) in [5, 5.41) is 2.49. The van der Waals surface area contributed by atoms with Crippen LogP contribution >= 0.6 is 0 Å². The Morgan fingerprint density at radius 3 is 1.52 bits per heavy atom. The lowest BCUT2D eigenvalue weighted by atomic mass is 9.68. The van der Waals surface area contributed by atoms with E-state index < -0.39 is 5.41 Å². The molecule has 0 atom stereocenters. The van der Waals surface area contributed by atoms with Crippen molar-refractivity contribution in [3.05, 3.63) is 271 Å². The number of nitrogens with zero attached hydrogens (tertiary/aromatic N) is 1. The predicted molar refractivity (Wildman–Crippen MR) is 252 cm³/mol. The van der Waals surface area contributed by atoms with Crippen LogP contribution in [0.15, 0.2) is 249 Å². The minimum absolute atomic E-state index is 0.504. The molecule has 1 aliphatic rings. The van der Waals surface area contributed by atoms with Crippen molar-refractivity contribution in [2.45, 2.75) is 5.41 Å². The fourth-order valence-corrected chi connectivity index (χ4v) is 9.59. The molecule has 0 unspecified atom stereocenters. The molecule has 0 aliphatic heterocycles. The average Bonchev–Trinajstić information content (AvgIpc) is 3.64. The molecule has 0 spiro atoms. The summed E-state index contributed by atoms with van der Waals surface area (Å²) in [6.45, 7) is 0. The van der Waals surface area contributed by atoms with Crippen LogP contribution in [0.3, 0.4) is 0 Å². The molecule has 282 valence electrons. The zero-order chi connectivity index (χ0) is 39.9. The highest BCUT2D eigenvalue weighted by Crippen LogP contribution is 2.59. The molecule has 11 rings (SSSR count). The number of benzene rings is 10. The SMILES string of the molecule is c1ccc(-c2cccc(-c3cccc(N(c4ccc(-c5ccc6ccccc6c5)cc4)c4cccc5c4-c4ccccc4C5(c4ccccc4)c4ccccc4)c3)c2)cc1. The van der Waals surface area contributed by atoms with E-state index in [0.717, 1.165) is 17.1 Å². The van der Waals surface area contributed by atoms with Gasteiger partial charge in [-0.05, 0) is 114 Å². The van der Waals surface area contributed by atoms with E-state index >= 15 is 0 Å². The van der Waals surface area contributed by atoms with Crippen molar-refractivity contribution in [3.8, 4) is 44.5 Å². The predicted octanol–water partition coefficient (Wildman–Crippen LogP) is 15.7. The summed E-state index contributed by atoms with van der Waals surface area (Å²) in [6.07, 6.45) is 0. The van der Waals surface area contributed by atoms with Gasteiger partial charge in [-0.25, -0.2) is 0 Å². The molecule has 0 N–H and O–H groups in total. The van der Waals surface area contributed by atoms with Gasteiger partial charge in [-0.1, -0.05) is 206 Å². The molecule has 0 radical (unpaired) electrons. The van der Waals surface area contributed by atoms with E-state index in [0.29, 0.717) is 0 Å². The molecule has 60 heavy (non-hydrogen) atoms. The Labute approximate surface area is 352 Å². The maximum atomic E-state index is 2.47. The first-order chi connectivity index (χ1) is 29.8. The lowest BCUT2D eigenvalue weighted by Gasteiger charge is -2.34. The maximum absolute atomic E-state index is 2.47. The molecule has 0 fully saturated rings. The summed E-state index contributed by atoms with van der Waals surface area (Å²) in [6, 6.07) is 91.1. The van der Waals surface area contributed by atoms with Crippen molar-refractivity contribution >= 4 is 27.8 Å². The summed E-state index contributed by atoms with van der Waals surface area (Å²) in [4.78, 5) is 2.47. The Kier molecular flexibility index (Phi) is 8.79. The van der Waals surface area contributed by atoms with Crippen LogP contribution in [0.5, 0.6) is 0 Å². The van der Waals surface area contributed by atoms with Crippen LogP contribution in [-0.4, -0.2) is 0 Å². The van der Waals surface area contributed by atoms with Crippen molar-refractivity contribution in [1.82, 2.24) is 0 Å². The molecule has 10 aromatic carbocycles. The summed E-state index contributed by atoms with van der Waals surface area (Å²) in [5.41, 5.74) is 17.6. The second-order valence-electron chi connectivity index (χ2n) is 15.7. The number of hydrogen-bond donors (Lipinski definition) is 0. The Balaban J connectivity index is 1.13. The Bertz CT molecular complexity index is 3090. The van der Waals surface area contributed by atoms with Gasteiger partial charge < -0.3 is 4.90 Å². The lowest BCUT2D eigenvalue weighted by Crippen LogP contribution is -2.28. The summed E-state index contributed by atoms with van der Waals surface area (Å²) >= 11 is 0. The second kappa shape index (κ2) is 14.9. The van der Waals surface area contributed by atoms with Gasteiger partial charge in [0.05, 0.1) is 11.1 Å². The number of rotatable bonds is 8. The van der Waals surface area contributed by atoms with Crippen LogP contribution < -0.4 is 4.90 Å². The molecule has 1 nitrogen and oxygen atoms in total. The van der Waals surface area contributed by atoms with Gasteiger partial charge in [-0.15, -0.1) is 0 Å². The van der Waals surface area contributed by atoms with Crippen LogP contribution in [0, 0.1) is 0 Å². The smallest absolute Gasteiger partial charge is 0.0714 e. The fraction of sp³-hybridized carbons (Fsp3) is 0.0169. The standard InChI is InChI=1S/C59H41N/c1-4-17-42(18-5-1)46-21-14-22-47(39-46)48-23-15-28-53(41-48)60(52-37-35-44(36-38-52)49-34-33-43-19-10-11-20-45(43)40-49)57-32-16-31-56-58(57)54-29-12-13-30-55(54)59(56,50-24-6-2-7-25-50)51-26-8-3-9-27-51/h1-41H. The first kappa shape index (κ1) is 35.4. The van der Waals surface area contributed by atoms with E-state index in [1.807, 2.05) is 0 Å². The summed E-state index contributed by atoms with van der Waals surface area (Å²) in [5.74, 6) is 0. The molecule has 0 heterocycles. The third-order valence-electron chi connectivity index (χ3n) is 12.3. The zero-order valence-electron chi connectivity index (χ0n) is 33.1. The second-order valence-corrected chi connectivity index (χ2v) is 15.7. The van der Waals surface area contributed by atoms with Gasteiger partial charge in [0.25, 0.3) is 0 Å². The molecule has 0 saturated carbocycles. The van der Waals surface area contributed by atoms with E-state index in [9.17, 15) is 0 Å². The van der Waals surface area contributed by atoms with Crippen LogP contribution in [-0.2, 0) is 5.41 Å². The maximum Gasteiger partial charge on any atom is 0.0714 e. The minimum atomic E-state index is -0.504. The Hall–Kier alpha value is -7.74. The van der Waals surface area contributed by atoms with Gasteiger partial charge in [-0.3, -0.25) is 0 Å². The molecule has 0 saturated heterocycles. The number of fused-ring (bicyclic) bond motifs is 4. The first-order valence-corrected chi connectivity index (χ1v) is 20.8. The molecule has 0 bridgehead atoms. The fourth-order valence-electron chi connectivity index (χ4n) is 9.59. The lowest BCUT2D eigenvalue weighted by molar-refractivity contribution is 0.768. The topological polar surface area (TPSA) is 3.24 Å². The van der Waals surface area contributed by atoms with Crippen molar-refractivity contribution in [3.63, 3.8) is 0 Å². The van der Waals surface area contributed by atoms with Gasteiger partial charge in [-0.2, -0.15) is 0 Å². The molecule has 1 heteroatoms. The third-order valence-corrected chi connectivity index (χ3v) is 12.3. The van der Waals surface area contributed by atoms with E-state index in [4.69, 9.17) is 0 Å². The van der Waals surface area contributed by atoms with Gasteiger partial charge in [0.1, 0.15) is 0 Å². The van der Waals surface area contributed by atoms with Crippen molar-refractivity contribution < 1.29 is 0 Å². The number of anilines is 3. The van der Waals surface area contributed by atoms with Crippen LogP contribution in [0.1, 0.15) is 22.3 Å². The van der Waals surface area contributed by atoms with Crippen LogP contribution in [0.2, 0.25) is 0 Å². The third kappa shape index (κ3) is 5.94. The van der Waals surface area contributed by atoms with Gasteiger partial charge in [0.15, 0.2) is 0 Å². The van der Waals surface area contributed by atoms with Gasteiger partial charge in [0, 0.05) is 16.9 Å². The van der Waals surface area contributed by atoms with Crippen molar-refractivity contribution in [2.75, 3.05) is 4.90 Å². The van der Waals surface area contributed by atoms with E-state index in [1.165, 1.54) is 77.5 Å². The highest BCUT2D eigenvalue weighted by atomic mass is 15.1. The van der Waals surface area contributed by atoms with Crippen molar-refractivity contribution in [1.29, 1.82) is 0 Å². The molecular formula is C59H41N. The average molecular weight is 764 g/mol.